The Balaban J connectivity index is 1.59. The second-order valence-corrected chi connectivity index (χ2v) is 16.6. The van der Waals surface area contributed by atoms with Gasteiger partial charge in [-0.3, -0.25) is 4.79 Å². The van der Waals surface area contributed by atoms with Crippen molar-refractivity contribution < 1.29 is 14.3 Å². The van der Waals surface area contributed by atoms with E-state index in [0.717, 1.165) is 18.9 Å². The second kappa shape index (κ2) is 9.60. The maximum atomic E-state index is 12.0. The van der Waals surface area contributed by atoms with E-state index in [2.05, 4.69) is 55.0 Å². The highest BCUT2D eigenvalue weighted by atomic mass is 16.5. The normalized spacial score (nSPS) is 50.2. The van der Waals surface area contributed by atoms with Crippen molar-refractivity contribution in [2.24, 2.45) is 56.2 Å². The van der Waals surface area contributed by atoms with E-state index < -0.39 is 0 Å². The summed E-state index contributed by atoms with van der Waals surface area (Å²) in [4.78, 5) is 12.0. The van der Waals surface area contributed by atoms with Crippen LogP contribution in [0.1, 0.15) is 132 Å². The van der Waals surface area contributed by atoms with Crippen LogP contribution in [0.2, 0.25) is 0 Å². The summed E-state index contributed by atoms with van der Waals surface area (Å²) >= 11 is 0. The molecule has 0 heterocycles. The number of carbonyl (C=O) groups is 1. The Morgan fingerprint density at radius 3 is 2.18 bits per heavy atom. The molecule has 5 saturated carbocycles. The minimum Gasteiger partial charge on any atom is -0.462 e. The largest absolute Gasteiger partial charge is 0.462 e. The highest BCUT2D eigenvalue weighted by molar-refractivity contribution is 5.66. The van der Waals surface area contributed by atoms with Gasteiger partial charge in [-0.1, -0.05) is 60.1 Å². The van der Waals surface area contributed by atoms with Crippen LogP contribution >= 0.6 is 0 Å². The quantitative estimate of drug-likeness (QED) is 0.249. The number of carbonyl (C=O) groups excluding carboxylic acids is 1. The number of hydrogen-bond acceptors (Lipinski definition) is 3. The number of rotatable bonds is 6. The molecule has 0 amide bonds. The Bertz CT molecular complexity index is 984. The van der Waals surface area contributed by atoms with Crippen molar-refractivity contribution in [2.45, 2.75) is 139 Å². The van der Waals surface area contributed by atoms with Gasteiger partial charge in [0, 0.05) is 19.4 Å². The van der Waals surface area contributed by atoms with Crippen molar-refractivity contribution in [2.75, 3.05) is 13.7 Å². The lowest BCUT2D eigenvalue weighted by molar-refractivity contribution is -0.287. The molecule has 0 radical (unpaired) electrons. The first-order chi connectivity index (χ1) is 18.2. The van der Waals surface area contributed by atoms with Gasteiger partial charge in [-0.15, -0.1) is 0 Å². The minimum atomic E-state index is -0.114. The fourth-order valence-corrected chi connectivity index (χ4v) is 13.5. The van der Waals surface area contributed by atoms with E-state index in [4.69, 9.17) is 9.47 Å². The van der Waals surface area contributed by atoms with Crippen LogP contribution < -0.4 is 0 Å². The van der Waals surface area contributed by atoms with E-state index >= 15 is 0 Å². The lowest BCUT2D eigenvalue weighted by Gasteiger charge is -2.77. The topological polar surface area (TPSA) is 35.5 Å². The summed E-state index contributed by atoms with van der Waals surface area (Å²) in [6.45, 7) is 24.9. The van der Waals surface area contributed by atoms with Gasteiger partial charge >= 0.3 is 5.97 Å². The highest BCUT2D eigenvalue weighted by Gasteiger charge is 2.75. The molecule has 0 aromatic rings. The number of esters is 1. The number of ether oxygens (including phenoxy) is 2. The molecule has 0 aliphatic heterocycles. The second-order valence-electron chi connectivity index (χ2n) is 16.6. The van der Waals surface area contributed by atoms with Gasteiger partial charge in [-0.05, 0) is 128 Å². The van der Waals surface area contributed by atoms with Crippen molar-refractivity contribution in [1.29, 1.82) is 0 Å². The first-order valence-corrected chi connectivity index (χ1v) is 16.5. The van der Waals surface area contributed by atoms with Crippen LogP contribution in [-0.4, -0.2) is 25.8 Å². The van der Waals surface area contributed by atoms with Gasteiger partial charge in [-0.2, -0.15) is 0 Å². The Hall–Kier alpha value is -0.830. The molecule has 3 nitrogen and oxygen atoms in total. The first kappa shape index (κ1) is 29.7. The van der Waals surface area contributed by atoms with Gasteiger partial charge < -0.3 is 9.47 Å². The monoisotopic (exact) mass is 540 g/mol. The minimum absolute atomic E-state index is 0.0234. The number of hydrogen-bond donors (Lipinski definition) is 0. The summed E-state index contributed by atoms with van der Waals surface area (Å²) < 4.78 is 12.0. The molecule has 10 atom stereocenters. The molecule has 5 aliphatic carbocycles. The summed E-state index contributed by atoms with van der Waals surface area (Å²) in [5, 5.41) is 0. The summed E-state index contributed by atoms with van der Waals surface area (Å²) in [5.74, 6) is 2.56. The van der Waals surface area contributed by atoms with Crippen LogP contribution in [0.25, 0.3) is 0 Å². The molecule has 222 valence electrons. The number of fused-ring (bicyclic) bond motifs is 7. The van der Waals surface area contributed by atoms with E-state index in [-0.39, 0.29) is 17.5 Å². The SMILES string of the molecule is C=C(C)C1CCC2(COC)CC[C@@]3(C)C4(C)CCC5C(C)(C)C(OC(C)=O)CCC5(C)C4CCC3(CCC)C12. The lowest BCUT2D eigenvalue weighted by atomic mass is 9.28. The van der Waals surface area contributed by atoms with Crippen LogP contribution in [-0.2, 0) is 14.3 Å². The Morgan fingerprint density at radius 2 is 1.56 bits per heavy atom. The van der Waals surface area contributed by atoms with Crippen LogP contribution in [0.15, 0.2) is 12.2 Å². The third-order valence-electron chi connectivity index (χ3n) is 15.0. The predicted molar refractivity (Wildman–Crippen MR) is 160 cm³/mol. The van der Waals surface area contributed by atoms with Gasteiger partial charge in [0.05, 0.1) is 6.61 Å². The Morgan fingerprint density at radius 1 is 0.872 bits per heavy atom. The zero-order valence-corrected chi connectivity index (χ0v) is 27.0. The van der Waals surface area contributed by atoms with E-state index in [1.54, 1.807) is 6.92 Å². The molecule has 3 heteroatoms. The van der Waals surface area contributed by atoms with Crippen LogP contribution in [0.3, 0.4) is 0 Å². The van der Waals surface area contributed by atoms with Gasteiger partial charge in [0.15, 0.2) is 0 Å². The number of methoxy groups -OCH3 is 1. The molecule has 0 aromatic carbocycles. The molecule has 0 spiro atoms. The summed E-state index contributed by atoms with van der Waals surface area (Å²) in [6, 6.07) is 0. The van der Waals surface area contributed by atoms with Gasteiger partial charge in [0.2, 0.25) is 0 Å². The van der Waals surface area contributed by atoms with Crippen molar-refractivity contribution in [3.8, 4) is 0 Å². The third-order valence-corrected chi connectivity index (χ3v) is 15.0. The zero-order valence-electron chi connectivity index (χ0n) is 27.0. The molecule has 9 unspecified atom stereocenters. The maximum Gasteiger partial charge on any atom is 0.302 e. The first-order valence-electron chi connectivity index (χ1n) is 16.5. The molecule has 0 saturated heterocycles. The molecule has 0 bridgehead atoms. The van der Waals surface area contributed by atoms with Gasteiger partial charge in [0.25, 0.3) is 0 Å². The van der Waals surface area contributed by atoms with E-state index in [0.29, 0.717) is 44.8 Å². The smallest absolute Gasteiger partial charge is 0.302 e. The van der Waals surface area contributed by atoms with Crippen LogP contribution in [0.4, 0.5) is 0 Å². The van der Waals surface area contributed by atoms with Crippen LogP contribution in [0.5, 0.6) is 0 Å². The van der Waals surface area contributed by atoms with Crippen molar-refractivity contribution in [1.82, 2.24) is 0 Å². The Kier molecular flexibility index (Phi) is 7.30. The Labute approximate surface area is 240 Å². The number of allylic oxidation sites excluding steroid dienone is 1. The lowest BCUT2D eigenvalue weighted by Crippen LogP contribution is -2.70. The predicted octanol–water partition coefficient (Wildman–Crippen LogP) is 9.39. The molecule has 0 N–H and O–H groups in total. The molecular weight excluding hydrogens is 480 g/mol. The fourth-order valence-electron chi connectivity index (χ4n) is 13.5. The van der Waals surface area contributed by atoms with Crippen molar-refractivity contribution in [3.05, 3.63) is 12.2 Å². The summed E-state index contributed by atoms with van der Waals surface area (Å²) in [6.07, 6.45) is 15.5. The van der Waals surface area contributed by atoms with E-state index in [1.165, 1.54) is 76.2 Å². The van der Waals surface area contributed by atoms with Gasteiger partial charge in [-0.25, -0.2) is 0 Å². The van der Waals surface area contributed by atoms with Gasteiger partial charge in [0.1, 0.15) is 6.10 Å². The van der Waals surface area contributed by atoms with Crippen molar-refractivity contribution >= 4 is 5.97 Å². The van der Waals surface area contributed by atoms with E-state index in [1.807, 2.05) is 7.11 Å². The zero-order chi connectivity index (χ0) is 28.6. The van der Waals surface area contributed by atoms with E-state index in [9.17, 15) is 4.79 Å². The van der Waals surface area contributed by atoms with Crippen molar-refractivity contribution in [3.63, 3.8) is 0 Å². The molecular formula is C36H60O3. The third kappa shape index (κ3) is 3.79. The summed E-state index contributed by atoms with van der Waals surface area (Å²) in [5.41, 5.74) is 3.08. The molecule has 5 fully saturated rings. The summed E-state index contributed by atoms with van der Waals surface area (Å²) in [7, 11) is 1.94. The average molecular weight is 541 g/mol. The standard InChI is InChI=1S/C36H60O3/c1-11-16-36-20-14-28-32(7)17-15-29(39-25(4)37)31(5,6)27(32)13-18-33(28,8)34(36,9)21-22-35(23-38-10)19-12-26(24(2)3)30(35)36/h26-30H,2,11-23H2,1,3-10H3/t26?,27?,28?,29?,30?,32?,33?,34-,35?,36?/m0/s1. The maximum absolute atomic E-state index is 12.0. The van der Waals surface area contributed by atoms with Crippen LogP contribution in [0, 0.1) is 56.2 Å². The molecule has 5 rings (SSSR count). The fraction of sp³-hybridized carbons (Fsp3) is 0.917. The average Bonchev–Trinajstić information content (AvgIpc) is 3.23. The molecule has 5 aliphatic rings. The molecule has 0 aromatic heterocycles. The molecule has 39 heavy (non-hydrogen) atoms. The highest BCUT2D eigenvalue weighted by Crippen LogP contribution is 2.82.